The van der Waals surface area contributed by atoms with Crippen LogP contribution >= 0.6 is 23.1 Å². The minimum Gasteiger partial charge on any atom is -0.326 e. The molecule has 0 bridgehead atoms. The van der Waals surface area contributed by atoms with Gasteiger partial charge < -0.3 is 5.73 Å². The molecule has 0 saturated carbocycles. The van der Waals surface area contributed by atoms with Crippen LogP contribution in [-0.4, -0.2) is 16.3 Å². The number of rotatable bonds is 3. The van der Waals surface area contributed by atoms with Crippen LogP contribution in [0, 0.1) is 0 Å². The predicted octanol–water partition coefficient (Wildman–Crippen LogP) is 4.03. The van der Waals surface area contributed by atoms with Crippen molar-refractivity contribution in [2.45, 2.75) is 55.2 Å². The van der Waals surface area contributed by atoms with Gasteiger partial charge in [0.1, 0.15) is 0 Å². The molecule has 0 radical (unpaired) electrons. The van der Waals surface area contributed by atoms with Gasteiger partial charge in [-0.25, -0.2) is 4.98 Å². The van der Waals surface area contributed by atoms with Crippen LogP contribution in [0.1, 0.15) is 37.0 Å². The number of aromatic nitrogens is 1. The van der Waals surface area contributed by atoms with E-state index in [1.165, 1.54) is 21.2 Å². The molecular weight excluding hydrogens is 296 g/mol. The molecule has 2 unspecified atom stereocenters. The van der Waals surface area contributed by atoms with Gasteiger partial charge in [0.2, 0.25) is 0 Å². The molecule has 0 aliphatic carbocycles. The van der Waals surface area contributed by atoms with E-state index in [9.17, 15) is 0 Å². The molecule has 21 heavy (non-hydrogen) atoms. The van der Waals surface area contributed by atoms with Gasteiger partial charge in [0.15, 0.2) is 0 Å². The molecule has 0 saturated heterocycles. The molecule has 2 nitrogen and oxygen atoms in total. The van der Waals surface area contributed by atoms with Gasteiger partial charge >= 0.3 is 0 Å². The zero-order valence-electron chi connectivity index (χ0n) is 12.8. The summed E-state index contributed by atoms with van der Waals surface area (Å²) in [4.78, 5) is 6.17. The Morgan fingerprint density at radius 1 is 1.33 bits per heavy atom. The molecule has 0 amide bonds. The number of nitrogens with zero attached hydrogens (tertiary/aromatic N) is 1. The highest BCUT2D eigenvalue weighted by molar-refractivity contribution is 8.00. The lowest BCUT2D eigenvalue weighted by Crippen LogP contribution is -2.34. The summed E-state index contributed by atoms with van der Waals surface area (Å²) in [5, 5.41) is 3.83. The molecule has 0 fully saturated rings. The van der Waals surface area contributed by atoms with E-state index in [2.05, 4.69) is 50.4 Å². The van der Waals surface area contributed by atoms with Gasteiger partial charge in [-0.2, -0.15) is 0 Å². The van der Waals surface area contributed by atoms with Gasteiger partial charge in [0.25, 0.3) is 0 Å². The first-order valence-corrected chi connectivity index (χ1v) is 9.14. The second-order valence-corrected chi connectivity index (χ2v) is 8.94. The number of hydrogen-bond acceptors (Lipinski definition) is 4. The third kappa shape index (κ3) is 3.33. The zero-order valence-corrected chi connectivity index (χ0v) is 14.4. The maximum atomic E-state index is 6.45. The van der Waals surface area contributed by atoms with Gasteiger partial charge in [-0.1, -0.05) is 39.0 Å². The minimum atomic E-state index is 0.122. The van der Waals surface area contributed by atoms with Crippen LogP contribution in [0.5, 0.6) is 0 Å². The molecule has 2 N–H and O–H groups in total. The second kappa shape index (κ2) is 5.75. The van der Waals surface area contributed by atoms with E-state index in [4.69, 9.17) is 10.7 Å². The fourth-order valence-electron chi connectivity index (χ4n) is 2.53. The Labute approximate surface area is 135 Å². The van der Waals surface area contributed by atoms with Crippen molar-refractivity contribution in [3.63, 3.8) is 0 Å². The fourth-order valence-corrected chi connectivity index (χ4v) is 4.94. The molecule has 2 heterocycles. The molecule has 1 aliphatic rings. The summed E-state index contributed by atoms with van der Waals surface area (Å²) in [5.41, 5.74) is 9.20. The quantitative estimate of drug-likeness (QED) is 0.928. The van der Waals surface area contributed by atoms with Gasteiger partial charge in [-0.05, 0) is 18.1 Å². The molecule has 0 spiro atoms. The van der Waals surface area contributed by atoms with Crippen LogP contribution in [0.4, 0.5) is 0 Å². The molecule has 2 aromatic rings. The summed E-state index contributed by atoms with van der Waals surface area (Å²) >= 11 is 3.67. The number of thioether (sulfide) groups is 1. The maximum absolute atomic E-state index is 6.45. The van der Waals surface area contributed by atoms with Crippen molar-refractivity contribution in [1.29, 1.82) is 0 Å². The molecule has 1 aliphatic heterocycles. The SMILES string of the molecule is CC(C)(C)c1csc(CC(N)C2Cc3ccccc3S2)n1. The smallest absolute Gasteiger partial charge is 0.0944 e. The topological polar surface area (TPSA) is 38.9 Å². The first-order chi connectivity index (χ1) is 9.93. The maximum Gasteiger partial charge on any atom is 0.0944 e. The summed E-state index contributed by atoms with van der Waals surface area (Å²) in [6.45, 7) is 6.61. The normalized spacial score (nSPS) is 19.5. The Morgan fingerprint density at radius 3 is 2.76 bits per heavy atom. The minimum absolute atomic E-state index is 0.122. The van der Waals surface area contributed by atoms with Crippen molar-refractivity contribution in [1.82, 2.24) is 4.98 Å². The molecule has 4 heteroatoms. The lowest BCUT2D eigenvalue weighted by molar-refractivity contribution is 0.566. The molecular formula is C17H22N2S2. The van der Waals surface area contributed by atoms with Crippen LogP contribution in [0.15, 0.2) is 34.5 Å². The predicted molar refractivity (Wildman–Crippen MR) is 92.3 cm³/mol. The van der Waals surface area contributed by atoms with Crippen molar-refractivity contribution >= 4 is 23.1 Å². The lowest BCUT2D eigenvalue weighted by atomic mass is 9.93. The highest BCUT2D eigenvalue weighted by Crippen LogP contribution is 2.38. The summed E-state index contributed by atoms with van der Waals surface area (Å²) in [6, 6.07) is 8.81. The number of thiazole rings is 1. The fraction of sp³-hybridized carbons (Fsp3) is 0.471. The number of fused-ring (bicyclic) bond motifs is 1. The Bertz CT molecular complexity index is 603. The van der Waals surface area contributed by atoms with Crippen LogP contribution in [0.25, 0.3) is 0 Å². The van der Waals surface area contributed by atoms with E-state index in [0.717, 1.165) is 12.8 Å². The summed E-state index contributed by atoms with van der Waals surface area (Å²) in [5.74, 6) is 0. The first kappa shape index (κ1) is 15.1. The van der Waals surface area contributed by atoms with Gasteiger partial charge in [-0.3, -0.25) is 0 Å². The van der Waals surface area contributed by atoms with Crippen LogP contribution in [0.3, 0.4) is 0 Å². The van der Waals surface area contributed by atoms with Gasteiger partial charge in [0, 0.05) is 33.4 Å². The van der Waals surface area contributed by atoms with Crippen LogP contribution in [-0.2, 0) is 18.3 Å². The first-order valence-electron chi connectivity index (χ1n) is 7.38. The molecule has 2 atom stereocenters. The Kier molecular flexibility index (Phi) is 4.12. The Hall–Kier alpha value is -0.840. The molecule has 3 rings (SSSR count). The Morgan fingerprint density at radius 2 is 2.10 bits per heavy atom. The van der Waals surface area contributed by atoms with E-state index in [1.54, 1.807) is 11.3 Å². The van der Waals surface area contributed by atoms with E-state index >= 15 is 0 Å². The summed E-state index contributed by atoms with van der Waals surface area (Å²) in [6.07, 6.45) is 1.96. The Balaban J connectivity index is 1.65. The van der Waals surface area contributed by atoms with Crippen molar-refractivity contribution in [3.05, 3.63) is 45.9 Å². The zero-order chi connectivity index (χ0) is 15.0. The largest absolute Gasteiger partial charge is 0.326 e. The molecule has 112 valence electrons. The monoisotopic (exact) mass is 318 g/mol. The average molecular weight is 319 g/mol. The summed E-state index contributed by atoms with van der Waals surface area (Å²) < 4.78 is 0. The van der Waals surface area contributed by atoms with Crippen molar-refractivity contribution < 1.29 is 0 Å². The van der Waals surface area contributed by atoms with E-state index in [-0.39, 0.29) is 11.5 Å². The van der Waals surface area contributed by atoms with Crippen molar-refractivity contribution in [2.75, 3.05) is 0 Å². The standard InChI is InChI=1S/C17H22N2S2/c1-17(2,3)15-10-20-16(19-15)9-12(18)14-8-11-6-4-5-7-13(11)21-14/h4-7,10,12,14H,8-9,18H2,1-3H3. The highest BCUT2D eigenvalue weighted by atomic mass is 32.2. The molecule has 1 aromatic carbocycles. The van der Waals surface area contributed by atoms with E-state index < -0.39 is 0 Å². The van der Waals surface area contributed by atoms with Crippen molar-refractivity contribution in [2.24, 2.45) is 5.73 Å². The number of benzene rings is 1. The summed E-state index contributed by atoms with van der Waals surface area (Å²) in [7, 11) is 0. The third-order valence-corrected chi connectivity index (χ3v) is 6.22. The second-order valence-electron chi connectivity index (χ2n) is 6.71. The number of nitrogens with two attached hydrogens (primary N) is 1. The van der Waals surface area contributed by atoms with E-state index in [1.807, 2.05) is 11.8 Å². The van der Waals surface area contributed by atoms with Crippen LogP contribution < -0.4 is 5.73 Å². The van der Waals surface area contributed by atoms with Crippen molar-refractivity contribution in [3.8, 4) is 0 Å². The van der Waals surface area contributed by atoms with Gasteiger partial charge in [0.05, 0.1) is 10.7 Å². The van der Waals surface area contributed by atoms with Crippen LogP contribution in [0.2, 0.25) is 0 Å². The van der Waals surface area contributed by atoms with E-state index in [0.29, 0.717) is 5.25 Å². The third-order valence-electron chi connectivity index (χ3n) is 3.88. The molecule has 1 aromatic heterocycles. The highest BCUT2D eigenvalue weighted by Gasteiger charge is 2.28. The van der Waals surface area contributed by atoms with Gasteiger partial charge in [-0.15, -0.1) is 23.1 Å². The number of hydrogen-bond donors (Lipinski definition) is 1. The average Bonchev–Trinajstić information content (AvgIpc) is 3.03. The lowest BCUT2D eigenvalue weighted by Gasteiger charge is -2.17.